The van der Waals surface area contributed by atoms with Crippen LogP contribution in [-0.4, -0.2) is 59.4 Å². The monoisotopic (exact) mass is 377 g/mol. The van der Waals surface area contributed by atoms with Crippen LogP contribution in [0, 0.1) is 0 Å². The molecule has 0 bridgehead atoms. The molecule has 4 rings (SSSR count). The molecule has 6 nitrogen and oxygen atoms in total. The van der Waals surface area contributed by atoms with Gasteiger partial charge in [-0.1, -0.05) is 42.4 Å². The number of piperidine rings is 1. The van der Waals surface area contributed by atoms with Crippen molar-refractivity contribution in [1.82, 2.24) is 15.0 Å². The maximum Gasteiger partial charge on any atom is 0.278 e. The van der Waals surface area contributed by atoms with Gasteiger partial charge in [-0.3, -0.25) is 4.79 Å². The first kappa shape index (κ1) is 18.9. The van der Waals surface area contributed by atoms with Crippen LogP contribution in [0.5, 0.6) is 0 Å². The summed E-state index contributed by atoms with van der Waals surface area (Å²) in [5.41, 5.74) is 0.786. The average molecular weight is 378 g/mol. The summed E-state index contributed by atoms with van der Waals surface area (Å²) in [6.45, 7) is 6.30. The molecule has 1 amide bonds. The standard InChI is InChI=1S/C19H23N3O3.ClH/c1-2-21-10-8-19(9-11-21)22(12-13-24-19)18(23)16-14-17(25-20-16)15-6-4-3-5-7-15;/h3-7,14H,2,8-13H2,1H3;1H. The summed E-state index contributed by atoms with van der Waals surface area (Å²) < 4.78 is 11.4. The molecule has 0 saturated carbocycles. The molecular weight excluding hydrogens is 354 g/mol. The first-order chi connectivity index (χ1) is 12.2. The summed E-state index contributed by atoms with van der Waals surface area (Å²) in [6, 6.07) is 11.4. The molecule has 2 aliphatic rings. The lowest BCUT2D eigenvalue weighted by molar-refractivity contribution is -0.104. The number of amides is 1. The molecule has 7 heteroatoms. The van der Waals surface area contributed by atoms with Crippen LogP contribution in [0.25, 0.3) is 11.3 Å². The maximum atomic E-state index is 13.0. The molecule has 2 saturated heterocycles. The van der Waals surface area contributed by atoms with Gasteiger partial charge in [-0.25, -0.2) is 0 Å². The van der Waals surface area contributed by atoms with E-state index in [-0.39, 0.29) is 18.3 Å². The van der Waals surface area contributed by atoms with E-state index in [4.69, 9.17) is 9.26 Å². The van der Waals surface area contributed by atoms with Crippen molar-refractivity contribution in [2.45, 2.75) is 25.5 Å². The zero-order chi connectivity index (χ0) is 17.3. The largest absolute Gasteiger partial charge is 0.355 e. The van der Waals surface area contributed by atoms with E-state index in [9.17, 15) is 4.79 Å². The van der Waals surface area contributed by atoms with Crippen molar-refractivity contribution >= 4 is 18.3 Å². The molecular formula is C19H24ClN3O3. The predicted octanol–water partition coefficient (Wildman–Crippen LogP) is 3.05. The molecule has 2 fully saturated rings. The van der Waals surface area contributed by atoms with Gasteiger partial charge in [0.1, 0.15) is 5.72 Å². The van der Waals surface area contributed by atoms with Crippen molar-refractivity contribution in [3.8, 4) is 11.3 Å². The highest BCUT2D eigenvalue weighted by molar-refractivity contribution is 5.93. The normalized spacial score (nSPS) is 19.5. The highest BCUT2D eigenvalue weighted by Gasteiger charge is 2.47. The van der Waals surface area contributed by atoms with E-state index in [0.717, 1.165) is 38.0 Å². The SMILES string of the molecule is CCN1CCC2(CC1)OCCN2C(=O)c1cc(-c2ccccc2)on1.Cl. The van der Waals surface area contributed by atoms with Gasteiger partial charge >= 0.3 is 0 Å². The Balaban J connectivity index is 0.00000196. The number of carbonyl (C=O) groups is 1. The van der Waals surface area contributed by atoms with Crippen LogP contribution in [0.1, 0.15) is 30.3 Å². The van der Waals surface area contributed by atoms with Gasteiger partial charge in [-0.05, 0) is 6.54 Å². The van der Waals surface area contributed by atoms with Gasteiger partial charge in [-0.2, -0.15) is 0 Å². The summed E-state index contributed by atoms with van der Waals surface area (Å²) in [5, 5.41) is 4.01. The van der Waals surface area contributed by atoms with Crippen LogP contribution >= 0.6 is 12.4 Å². The van der Waals surface area contributed by atoms with E-state index < -0.39 is 5.72 Å². The number of likely N-dealkylation sites (tertiary alicyclic amines) is 1. The molecule has 0 N–H and O–H groups in total. The summed E-state index contributed by atoms with van der Waals surface area (Å²) in [4.78, 5) is 17.3. The van der Waals surface area contributed by atoms with Gasteiger partial charge in [0, 0.05) is 44.1 Å². The van der Waals surface area contributed by atoms with E-state index in [0.29, 0.717) is 24.6 Å². The Bertz CT molecular complexity index is 741. The lowest BCUT2D eigenvalue weighted by Crippen LogP contribution is -2.54. The van der Waals surface area contributed by atoms with Gasteiger partial charge in [0.25, 0.3) is 5.91 Å². The first-order valence-corrected chi connectivity index (χ1v) is 8.92. The Hall–Kier alpha value is -1.89. The van der Waals surface area contributed by atoms with Gasteiger partial charge < -0.3 is 19.1 Å². The predicted molar refractivity (Wildman–Crippen MR) is 100 cm³/mol. The summed E-state index contributed by atoms with van der Waals surface area (Å²) in [5.74, 6) is 0.507. The Morgan fingerprint density at radius 1 is 1.19 bits per heavy atom. The molecule has 1 aromatic heterocycles. The van der Waals surface area contributed by atoms with Crippen LogP contribution in [0.3, 0.4) is 0 Å². The molecule has 26 heavy (non-hydrogen) atoms. The lowest BCUT2D eigenvalue weighted by atomic mass is 9.98. The fraction of sp³-hybridized carbons (Fsp3) is 0.474. The van der Waals surface area contributed by atoms with Crippen LogP contribution in [-0.2, 0) is 4.74 Å². The van der Waals surface area contributed by atoms with Crippen molar-refractivity contribution in [2.24, 2.45) is 0 Å². The van der Waals surface area contributed by atoms with Gasteiger partial charge in [-0.15, -0.1) is 12.4 Å². The minimum Gasteiger partial charge on any atom is -0.355 e. The Labute approximate surface area is 159 Å². The highest BCUT2D eigenvalue weighted by Crippen LogP contribution is 2.35. The van der Waals surface area contributed by atoms with Gasteiger partial charge in [0.2, 0.25) is 0 Å². The van der Waals surface area contributed by atoms with Crippen molar-refractivity contribution < 1.29 is 14.1 Å². The molecule has 2 aromatic rings. The Kier molecular flexibility index (Phi) is 5.65. The molecule has 0 radical (unpaired) electrons. The van der Waals surface area contributed by atoms with Crippen LogP contribution in [0.2, 0.25) is 0 Å². The number of hydrogen-bond donors (Lipinski definition) is 0. The minimum absolute atomic E-state index is 0. The molecule has 1 spiro atoms. The van der Waals surface area contributed by atoms with E-state index in [1.54, 1.807) is 6.07 Å². The maximum absolute atomic E-state index is 13.0. The van der Waals surface area contributed by atoms with Gasteiger partial charge in [0.15, 0.2) is 11.5 Å². The number of halogens is 1. The fourth-order valence-corrected chi connectivity index (χ4v) is 3.78. The number of rotatable bonds is 3. The second-order valence-corrected chi connectivity index (χ2v) is 6.63. The molecule has 0 unspecified atom stereocenters. The zero-order valence-electron chi connectivity index (χ0n) is 14.9. The third-order valence-electron chi connectivity index (χ3n) is 5.29. The van der Waals surface area contributed by atoms with Crippen molar-refractivity contribution in [3.63, 3.8) is 0 Å². The quantitative estimate of drug-likeness (QED) is 0.822. The molecule has 2 aliphatic heterocycles. The van der Waals surface area contributed by atoms with Crippen LogP contribution in [0.15, 0.2) is 40.9 Å². The molecule has 0 atom stereocenters. The second kappa shape index (κ2) is 7.78. The summed E-state index contributed by atoms with van der Waals surface area (Å²) in [6.07, 6.45) is 1.69. The number of hydrogen-bond acceptors (Lipinski definition) is 5. The second-order valence-electron chi connectivity index (χ2n) is 6.63. The van der Waals surface area contributed by atoms with Crippen molar-refractivity contribution in [1.29, 1.82) is 0 Å². The number of carbonyl (C=O) groups excluding carboxylic acids is 1. The van der Waals surface area contributed by atoms with Crippen molar-refractivity contribution in [3.05, 3.63) is 42.1 Å². The highest BCUT2D eigenvalue weighted by atomic mass is 35.5. The summed E-state index contributed by atoms with van der Waals surface area (Å²) in [7, 11) is 0. The van der Waals surface area contributed by atoms with E-state index in [2.05, 4.69) is 17.0 Å². The average Bonchev–Trinajstić information content (AvgIpc) is 3.31. The molecule has 1 aromatic carbocycles. The smallest absolute Gasteiger partial charge is 0.278 e. The number of aromatic nitrogens is 1. The third-order valence-corrected chi connectivity index (χ3v) is 5.29. The molecule has 0 aliphatic carbocycles. The summed E-state index contributed by atoms with van der Waals surface area (Å²) >= 11 is 0. The number of benzene rings is 1. The van der Waals surface area contributed by atoms with E-state index >= 15 is 0 Å². The third kappa shape index (κ3) is 3.37. The number of nitrogens with zero attached hydrogens (tertiary/aromatic N) is 3. The van der Waals surface area contributed by atoms with E-state index in [1.165, 1.54) is 0 Å². The van der Waals surface area contributed by atoms with E-state index in [1.807, 2.05) is 35.2 Å². The molecule has 140 valence electrons. The lowest BCUT2D eigenvalue weighted by Gasteiger charge is -2.43. The minimum atomic E-state index is -0.478. The Morgan fingerprint density at radius 2 is 1.92 bits per heavy atom. The molecule has 3 heterocycles. The first-order valence-electron chi connectivity index (χ1n) is 8.92. The Morgan fingerprint density at radius 3 is 2.62 bits per heavy atom. The fourth-order valence-electron chi connectivity index (χ4n) is 3.78. The number of ether oxygens (including phenoxy) is 1. The van der Waals surface area contributed by atoms with Crippen LogP contribution in [0.4, 0.5) is 0 Å². The van der Waals surface area contributed by atoms with Gasteiger partial charge in [0.05, 0.1) is 6.61 Å². The van der Waals surface area contributed by atoms with Crippen LogP contribution < -0.4 is 0 Å². The topological polar surface area (TPSA) is 58.8 Å². The zero-order valence-corrected chi connectivity index (χ0v) is 15.7. The van der Waals surface area contributed by atoms with Crippen molar-refractivity contribution in [2.75, 3.05) is 32.8 Å².